The lowest BCUT2D eigenvalue weighted by Gasteiger charge is -2.36. The third-order valence-electron chi connectivity index (χ3n) is 3.75. The monoisotopic (exact) mass is 242 g/mol. The van der Waals surface area contributed by atoms with Crippen molar-refractivity contribution in [2.24, 2.45) is 5.92 Å². The van der Waals surface area contributed by atoms with E-state index < -0.39 is 5.54 Å². The summed E-state index contributed by atoms with van der Waals surface area (Å²) in [5, 5.41) is 3.40. The number of nitrogens with zero attached hydrogens (tertiary/aromatic N) is 1. The van der Waals surface area contributed by atoms with Crippen molar-refractivity contribution in [2.75, 3.05) is 27.2 Å². The summed E-state index contributed by atoms with van der Waals surface area (Å²) in [6, 6.07) is 0.345. The molecule has 4 nitrogen and oxygen atoms in total. The van der Waals surface area contributed by atoms with E-state index in [9.17, 15) is 4.79 Å². The molecule has 1 rings (SSSR count). The molecule has 0 saturated carbocycles. The van der Waals surface area contributed by atoms with Gasteiger partial charge in [0.1, 0.15) is 5.54 Å². The zero-order valence-electron chi connectivity index (χ0n) is 11.7. The molecular weight excluding hydrogens is 216 g/mol. The number of methoxy groups -OCH3 is 1. The van der Waals surface area contributed by atoms with Gasteiger partial charge in [-0.3, -0.25) is 10.1 Å². The van der Waals surface area contributed by atoms with Crippen LogP contribution in [0.2, 0.25) is 0 Å². The van der Waals surface area contributed by atoms with Gasteiger partial charge in [0.25, 0.3) is 0 Å². The van der Waals surface area contributed by atoms with Gasteiger partial charge < -0.3 is 9.64 Å². The first-order valence-electron chi connectivity index (χ1n) is 6.41. The minimum Gasteiger partial charge on any atom is -0.468 e. The Morgan fingerprint density at radius 2 is 1.94 bits per heavy atom. The lowest BCUT2D eigenvalue weighted by Crippen LogP contribution is -2.54. The summed E-state index contributed by atoms with van der Waals surface area (Å²) in [5.41, 5.74) is -0.600. The van der Waals surface area contributed by atoms with Crippen LogP contribution in [0.3, 0.4) is 0 Å². The Labute approximate surface area is 105 Å². The van der Waals surface area contributed by atoms with Crippen LogP contribution in [0.4, 0.5) is 0 Å². The van der Waals surface area contributed by atoms with E-state index in [0.29, 0.717) is 12.0 Å². The molecule has 0 spiro atoms. The largest absolute Gasteiger partial charge is 0.468 e. The number of ether oxygens (including phenoxy) is 1. The van der Waals surface area contributed by atoms with Crippen LogP contribution in [0.15, 0.2) is 0 Å². The molecular formula is C13H26N2O2. The average molecular weight is 242 g/mol. The summed E-state index contributed by atoms with van der Waals surface area (Å²) < 4.78 is 4.81. The molecule has 100 valence electrons. The van der Waals surface area contributed by atoms with Crippen LogP contribution in [0.25, 0.3) is 0 Å². The van der Waals surface area contributed by atoms with E-state index >= 15 is 0 Å². The molecule has 1 saturated heterocycles. The molecule has 1 atom stereocenters. The number of piperidine rings is 1. The Morgan fingerprint density at radius 1 is 1.41 bits per heavy atom. The Morgan fingerprint density at radius 3 is 2.41 bits per heavy atom. The fraction of sp³-hybridized carbons (Fsp3) is 0.923. The number of nitrogens with one attached hydrogen (secondary N) is 1. The molecule has 1 N–H and O–H groups in total. The smallest absolute Gasteiger partial charge is 0.325 e. The van der Waals surface area contributed by atoms with Crippen LogP contribution in [0.5, 0.6) is 0 Å². The van der Waals surface area contributed by atoms with Gasteiger partial charge in [0.2, 0.25) is 0 Å². The van der Waals surface area contributed by atoms with E-state index in [1.54, 1.807) is 0 Å². The van der Waals surface area contributed by atoms with E-state index in [1.807, 2.05) is 13.8 Å². The summed E-state index contributed by atoms with van der Waals surface area (Å²) >= 11 is 0. The first-order chi connectivity index (χ1) is 7.86. The maximum atomic E-state index is 11.6. The maximum absolute atomic E-state index is 11.6. The number of carbonyl (C=O) groups is 1. The molecule has 1 unspecified atom stereocenters. The number of hydrogen-bond acceptors (Lipinski definition) is 4. The highest BCUT2D eigenvalue weighted by Gasteiger charge is 2.33. The van der Waals surface area contributed by atoms with Gasteiger partial charge >= 0.3 is 5.97 Å². The third kappa shape index (κ3) is 3.96. The van der Waals surface area contributed by atoms with Crippen molar-refractivity contribution in [2.45, 2.75) is 45.2 Å². The average Bonchev–Trinajstić information content (AvgIpc) is 2.28. The molecule has 1 aliphatic heterocycles. The van der Waals surface area contributed by atoms with Crippen LogP contribution in [-0.4, -0.2) is 49.7 Å². The number of likely N-dealkylation sites (tertiary alicyclic amines) is 1. The normalized spacial score (nSPS) is 21.2. The highest BCUT2D eigenvalue weighted by Crippen LogP contribution is 2.21. The van der Waals surface area contributed by atoms with Crippen LogP contribution in [0.1, 0.15) is 33.6 Å². The number of rotatable bonds is 4. The van der Waals surface area contributed by atoms with Crippen LogP contribution >= 0.6 is 0 Å². The Hall–Kier alpha value is -0.610. The fourth-order valence-corrected chi connectivity index (χ4v) is 2.53. The van der Waals surface area contributed by atoms with E-state index in [1.165, 1.54) is 20.0 Å². The van der Waals surface area contributed by atoms with Crippen molar-refractivity contribution < 1.29 is 9.53 Å². The summed E-state index contributed by atoms with van der Waals surface area (Å²) in [6.07, 6.45) is 2.39. The van der Waals surface area contributed by atoms with Gasteiger partial charge in [-0.2, -0.15) is 0 Å². The maximum Gasteiger partial charge on any atom is 0.325 e. The van der Waals surface area contributed by atoms with E-state index in [0.717, 1.165) is 13.1 Å². The molecule has 1 heterocycles. The van der Waals surface area contributed by atoms with Gasteiger partial charge in [-0.05, 0) is 59.7 Å². The van der Waals surface area contributed by atoms with Gasteiger partial charge in [0.15, 0.2) is 0 Å². The van der Waals surface area contributed by atoms with Gasteiger partial charge in [0, 0.05) is 6.04 Å². The predicted octanol–water partition coefficient (Wildman–Crippen LogP) is 1.26. The molecule has 17 heavy (non-hydrogen) atoms. The second-order valence-corrected chi connectivity index (χ2v) is 5.69. The molecule has 0 aromatic carbocycles. The standard InChI is InChI=1S/C13H26N2O2/c1-10(11-6-8-15(4)9-7-11)14-13(2,3)12(16)17-5/h10-11,14H,6-9H2,1-5H3. The number of esters is 1. The van der Waals surface area contributed by atoms with E-state index in [-0.39, 0.29) is 5.97 Å². The van der Waals surface area contributed by atoms with Crippen LogP contribution in [-0.2, 0) is 9.53 Å². The minimum atomic E-state index is -0.600. The molecule has 1 aliphatic rings. The van der Waals surface area contributed by atoms with Crippen molar-refractivity contribution in [1.29, 1.82) is 0 Å². The molecule has 4 heteroatoms. The molecule has 0 radical (unpaired) electrons. The summed E-state index contributed by atoms with van der Waals surface area (Å²) in [7, 11) is 3.60. The predicted molar refractivity (Wildman–Crippen MR) is 68.9 cm³/mol. The van der Waals surface area contributed by atoms with E-state index in [4.69, 9.17) is 4.74 Å². The Balaban J connectivity index is 2.48. The van der Waals surface area contributed by atoms with Gasteiger partial charge in [0.05, 0.1) is 7.11 Å². The Bertz CT molecular complexity index is 258. The SMILES string of the molecule is COC(=O)C(C)(C)NC(C)C1CCN(C)CC1. The second-order valence-electron chi connectivity index (χ2n) is 5.69. The van der Waals surface area contributed by atoms with Gasteiger partial charge in [-0.1, -0.05) is 0 Å². The fourth-order valence-electron chi connectivity index (χ4n) is 2.53. The van der Waals surface area contributed by atoms with Crippen molar-refractivity contribution in [1.82, 2.24) is 10.2 Å². The highest BCUT2D eigenvalue weighted by atomic mass is 16.5. The minimum absolute atomic E-state index is 0.197. The lowest BCUT2D eigenvalue weighted by atomic mass is 9.89. The number of carbonyl (C=O) groups excluding carboxylic acids is 1. The molecule has 0 bridgehead atoms. The second kappa shape index (κ2) is 5.83. The van der Waals surface area contributed by atoms with Crippen molar-refractivity contribution in [3.63, 3.8) is 0 Å². The topological polar surface area (TPSA) is 41.6 Å². The van der Waals surface area contributed by atoms with Crippen LogP contribution in [0, 0.1) is 5.92 Å². The Kier molecular flexibility index (Phi) is 4.95. The zero-order chi connectivity index (χ0) is 13.1. The molecule has 0 aromatic rings. The third-order valence-corrected chi connectivity index (χ3v) is 3.75. The summed E-state index contributed by atoms with van der Waals surface area (Å²) in [5.74, 6) is 0.451. The van der Waals surface area contributed by atoms with Crippen molar-refractivity contribution >= 4 is 5.97 Å². The van der Waals surface area contributed by atoms with E-state index in [2.05, 4.69) is 24.2 Å². The van der Waals surface area contributed by atoms with Gasteiger partial charge in [-0.25, -0.2) is 0 Å². The summed E-state index contributed by atoms with van der Waals surface area (Å²) in [4.78, 5) is 14.0. The first-order valence-corrected chi connectivity index (χ1v) is 6.41. The van der Waals surface area contributed by atoms with Crippen molar-refractivity contribution in [3.05, 3.63) is 0 Å². The molecule has 0 aliphatic carbocycles. The molecule has 1 fully saturated rings. The van der Waals surface area contributed by atoms with Crippen molar-refractivity contribution in [3.8, 4) is 0 Å². The summed E-state index contributed by atoms with van der Waals surface area (Å²) in [6.45, 7) is 8.22. The molecule has 0 amide bonds. The number of hydrogen-bond donors (Lipinski definition) is 1. The van der Waals surface area contributed by atoms with Crippen LogP contribution < -0.4 is 5.32 Å². The lowest BCUT2D eigenvalue weighted by molar-refractivity contribution is -0.147. The highest BCUT2D eigenvalue weighted by molar-refractivity contribution is 5.79. The zero-order valence-corrected chi connectivity index (χ0v) is 11.7. The van der Waals surface area contributed by atoms with Gasteiger partial charge in [-0.15, -0.1) is 0 Å². The molecule has 0 aromatic heterocycles. The quantitative estimate of drug-likeness (QED) is 0.754. The first kappa shape index (κ1) is 14.5.